The molecule has 0 radical (unpaired) electrons. The number of carboxylic acid groups (broad SMARTS) is 1. The summed E-state index contributed by atoms with van der Waals surface area (Å²) >= 11 is 0. The van der Waals surface area contributed by atoms with Crippen LogP contribution in [0.4, 0.5) is 0 Å². The zero-order chi connectivity index (χ0) is 14.5. The highest BCUT2D eigenvalue weighted by atomic mass is 32.2. The Hall–Kier alpha value is -0.620. The fourth-order valence-electron chi connectivity index (χ4n) is 2.45. The van der Waals surface area contributed by atoms with E-state index < -0.39 is 15.8 Å². The Morgan fingerprint density at radius 1 is 1.37 bits per heavy atom. The molecule has 112 valence electrons. The first-order valence-electron chi connectivity index (χ1n) is 7.00. The third-order valence-corrected chi connectivity index (χ3v) is 6.01. The van der Waals surface area contributed by atoms with Crippen molar-refractivity contribution in [2.45, 2.75) is 57.2 Å². The Morgan fingerprint density at radius 2 is 2.05 bits per heavy atom. The molecule has 5 nitrogen and oxygen atoms in total. The molecule has 1 atom stereocenters. The summed E-state index contributed by atoms with van der Waals surface area (Å²) in [5, 5.41) is 8.41. The molecule has 0 aliphatic carbocycles. The van der Waals surface area contributed by atoms with Crippen LogP contribution in [0.25, 0.3) is 0 Å². The normalized spacial score (nSPS) is 21.7. The van der Waals surface area contributed by atoms with E-state index in [-0.39, 0.29) is 23.5 Å². The molecular formula is C13H25NO4S. The van der Waals surface area contributed by atoms with Crippen molar-refractivity contribution in [3.8, 4) is 0 Å². The van der Waals surface area contributed by atoms with Crippen LogP contribution >= 0.6 is 0 Å². The molecule has 0 spiro atoms. The average molecular weight is 291 g/mol. The number of hydrogen-bond acceptors (Lipinski definition) is 4. The highest BCUT2D eigenvalue weighted by Gasteiger charge is 2.25. The summed E-state index contributed by atoms with van der Waals surface area (Å²) in [4.78, 5) is 12.8. The predicted molar refractivity (Wildman–Crippen MR) is 75.0 cm³/mol. The fraction of sp³-hybridized carbons (Fsp3) is 0.923. The maximum absolute atomic E-state index is 11.8. The van der Waals surface area contributed by atoms with E-state index in [1.54, 1.807) is 13.8 Å². The number of hydrogen-bond donors (Lipinski definition) is 1. The monoisotopic (exact) mass is 291 g/mol. The van der Waals surface area contributed by atoms with Gasteiger partial charge < -0.3 is 5.11 Å². The molecular weight excluding hydrogens is 266 g/mol. The second kappa shape index (κ2) is 7.24. The zero-order valence-electron chi connectivity index (χ0n) is 11.8. The van der Waals surface area contributed by atoms with Crippen LogP contribution < -0.4 is 0 Å². The van der Waals surface area contributed by atoms with E-state index in [0.29, 0.717) is 13.0 Å². The fourth-order valence-corrected chi connectivity index (χ4v) is 3.41. The Balaban J connectivity index is 2.51. The zero-order valence-corrected chi connectivity index (χ0v) is 12.7. The Labute approximate surface area is 115 Å². The van der Waals surface area contributed by atoms with Crippen LogP contribution in [-0.4, -0.2) is 54.5 Å². The second-order valence-corrected chi connectivity index (χ2v) is 8.21. The number of carboxylic acids is 1. The molecule has 0 bridgehead atoms. The molecule has 1 rings (SSSR count). The summed E-state index contributed by atoms with van der Waals surface area (Å²) in [6.45, 7) is 4.82. The second-order valence-electron chi connectivity index (χ2n) is 5.53. The van der Waals surface area contributed by atoms with Gasteiger partial charge in [0.2, 0.25) is 0 Å². The molecule has 1 heterocycles. The maximum Gasteiger partial charge on any atom is 0.303 e. The Kier molecular flexibility index (Phi) is 6.26. The SMILES string of the molecule is CC(C)S(=O)(=O)CCN1CCCCC1CCC(=O)O. The van der Waals surface area contributed by atoms with Gasteiger partial charge in [0.15, 0.2) is 9.84 Å². The molecule has 1 unspecified atom stereocenters. The molecule has 1 aliphatic heterocycles. The summed E-state index contributed by atoms with van der Waals surface area (Å²) in [5.41, 5.74) is 0. The van der Waals surface area contributed by atoms with Gasteiger partial charge in [-0.05, 0) is 39.7 Å². The van der Waals surface area contributed by atoms with Crippen LogP contribution in [0, 0.1) is 0 Å². The molecule has 1 fully saturated rings. The van der Waals surface area contributed by atoms with Gasteiger partial charge in [-0.15, -0.1) is 0 Å². The van der Waals surface area contributed by atoms with Gasteiger partial charge in [0.05, 0.1) is 11.0 Å². The predicted octanol–water partition coefficient (Wildman–Crippen LogP) is 1.53. The van der Waals surface area contributed by atoms with Gasteiger partial charge in [-0.3, -0.25) is 9.69 Å². The van der Waals surface area contributed by atoms with Crippen molar-refractivity contribution in [2.75, 3.05) is 18.8 Å². The lowest BCUT2D eigenvalue weighted by Crippen LogP contribution is -2.42. The van der Waals surface area contributed by atoms with Gasteiger partial charge in [-0.2, -0.15) is 0 Å². The van der Waals surface area contributed by atoms with Gasteiger partial charge >= 0.3 is 5.97 Å². The van der Waals surface area contributed by atoms with Crippen molar-refractivity contribution in [3.63, 3.8) is 0 Å². The number of aliphatic carboxylic acids is 1. The molecule has 6 heteroatoms. The molecule has 0 aromatic heterocycles. The van der Waals surface area contributed by atoms with Crippen molar-refractivity contribution in [2.24, 2.45) is 0 Å². The molecule has 0 saturated carbocycles. The first-order valence-corrected chi connectivity index (χ1v) is 8.72. The number of likely N-dealkylation sites (tertiary alicyclic amines) is 1. The molecule has 0 amide bonds. The van der Waals surface area contributed by atoms with E-state index in [1.807, 2.05) is 0 Å². The lowest BCUT2D eigenvalue weighted by molar-refractivity contribution is -0.137. The highest BCUT2D eigenvalue weighted by Crippen LogP contribution is 2.21. The number of nitrogens with zero attached hydrogens (tertiary/aromatic N) is 1. The first-order chi connectivity index (χ1) is 8.83. The van der Waals surface area contributed by atoms with Crippen LogP contribution in [0.5, 0.6) is 0 Å². The van der Waals surface area contributed by atoms with E-state index in [4.69, 9.17) is 5.11 Å². The quantitative estimate of drug-likeness (QED) is 0.770. The number of sulfone groups is 1. The number of rotatable bonds is 7. The summed E-state index contributed by atoms with van der Waals surface area (Å²) in [6.07, 6.45) is 3.95. The largest absolute Gasteiger partial charge is 0.481 e. The van der Waals surface area contributed by atoms with E-state index in [9.17, 15) is 13.2 Å². The van der Waals surface area contributed by atoms with E-state index in [0.717, 1.165) is 25.8 Å². The molecule has 19 heavy (non-hydrogen) atoms. The van der Waals surface area contributed by atoms with Crippen LogP contribution in [0.2, 0.25) is 0 Å². The van der Waals surface area contributed by atoms with Gasteiger partial charge in [0, 0.05) is 19.0 Å². The third-order valence-electron chi connectivity index (χ3n) is 3.82. The van der Waals surface area contributed by atoms with Gasteiger partial charge in [-0.1, -0.05) is 6.42 Å². The highest BCUT2D eigenvalue weighted by molar-refractivity contribution is 7.92. The summed E-state index contributed by atoms with van der Waals surface area (Å²) in [5.74, 6) is -0.603. The van der Waals surface area contributed by atoms with Gasteiger partial charge in [0.25, 0.3) is 0 Å². The van der Waals surface area contributed by atoms with Crippen molar-refractivity contribution in [3.05, 3.63) is 0 Å². The topological polar surface area (TPSA) is 74.7 Å². The van der Waals surface area contributed by atoms with Gasteiger partial charge in [-0.25, -0.2) is 8.42 Å². The summed E-state index contributed by atoms with van der Waals surface area (Å²) in [6, 6.07) is 0.229. The van der Waals surface area contributed by atoms with Crippen LogP contribution in [-0.2, 0) is 14.6 Å². The number of carbonyl (C=O) groups is 1. The molecule has 1 saturated heterocycles. The van der Waals surface area contributed by atoms with Gasteiger partial charge in [0.1, 0.15) is 0 Å². The lowest BCUT2D eigenvalue weighted by atomic mass is 9.98. The first kappa shape index (κ1) is 16.4. The molecule has 0 aromatic carbocycles. The molecule has 0 aromatic rings. The van der Waals surface area contributed by atoms with E-state index in [1.165, 1.54) is 0 Å². The van der Waals surface area contributed by atoms with Crippen LogP contribution in [0.15, 0.2) is 0 Å². The lowest BCUT2D eigenvalue weighted by Gasteiger charge is -2.35. The Bertz CT molecular complexity index is 391. The van der Waals surface area contributed by atoms with E-state index >= 15 is 0 Å². The standard InChI is InChI=1S/C13H25NO4S/c1-11(2)19(17,18)10-9-14-8-4-3-5-12(14)6-7-13(15)16/h11-12H,3-10H2,1-2H3,(H,15,16). The Morgan fingerprint density at radius 3 is 2.63 bits per heavy atom. The van der Waals surface area contributed by atoms with Crippen molar-refractivity contribution >= 4 is 15.8 Å². The van der Waals surface area contributed by atoms with Crippen molar-refractivity contribution in [1.82, 2.24) is 4.90 Å². The average Bonchev–Trinajstić information content (AvgIpc) is 2.34. The number of piperidine rings is 1. The minimum atomic E-state index is -3.01. The van der Waals surface area contributed by atoms with E-state index in [2.05, 4.69) is 4.90 Å². The minimum Gasteiger partial charge on any atom is -0.481 e. The third kappa shape index (κ3) is 5.48. The van der Waals surface area contributed by atoms with Crippen LogP contribution in [0.1, 0.15) is 46.0 Å². The molecule has 1 N–H and O–H groups in total. The smallest absolute Gasteiger partial charge is 0.303 e. The van der Waals surface area contributed by atoms with Crippen molar-refractivity contribution < 1.29 is 18.3 Å². The maximum atomic E-state index is 11.8. The molecule has 1 aliphatic rings. The van der Waals surface area contributed by atoms with Crippen LogP contribution in [0.3, 0.4) is 0 Å². The van der Waals surface area contributed by atoms with Crippen molar-refractivity contribution in [1.29, 1.82) is 0 Å². The minimum absolute atomic E-state index is 0.165. The summed E-state index contributed by atoms with van der Waals surface area (Å²) in [7, 11) is -3.01. The summed E-state index contributed by atoms with van der Waals surface area (Å²) < 4.78 is 23.6.